The van der Waals surface area contributed by atoms with E-state index in [0.29, 0.717) is 28.8 Å². The molecule has 1 fully saturated rings. The number of ether oxygens (including phenoxy) is 1. The molecule has 1 aliphatic rings. The van der Waals surface area contributed by atoms with E-state index >= 15 is 0 Å². The summed E-state index contributed by atoms with van der Waals surface area (Å²) in [6.07, 6.45) is 0.0725. The Morgan fingerprint density at radius 1 is 1.29 bits per heavy atom. The molecule has 6 nitrogen and oxygen atoms in total. The summed E-state index contributed by atoms with van der Waals surface area (Å²) in [6.45, 7) is 2.35. The Hall–Kier alpha value is -2.87. The van der Waals surface area contributed by atoms with Gasteiger partial charge < -0.3 is 10.1 Å². The first-order chi connectivity index (χ1) is 13.5. The van der Waals surface area contributed by atoms with Crippen LogP contribution < -0.4 is 15.0 Å². The van der Waals surface area contributed by atoms with Gasteiger partial charge in [-0.05, 0) is 49.4 Å². The molecule has 1 N–H and O–H groups in total. The van der Waals surface area contributed by atoms with Gasteiger partial charge in [0.1, 0.15) is 16.8 Å². The van der Waals surface area contributed by atoms with E-state index in [-0.39, 0.29) is 24.1 Å². The average molecular weight is 401 g/mol. The Kier molecular flexibility index (Phi) is 6.30. The average Bonchev–Trinajstić information content (AvgIpc) is 2.95. The molecule has 0 aliphatic carbocycles. The molecule has 0 bridgehead atoms. The van der Waals surface area contributed by atoms with E-state index in [1.54, 1.807) is 43.5 Å². The smallest absolute Gasteiger partial charge is 0.247 e. The molecule has 1 aliphatic heterocycles. The van der Waals surface area contributed by atoms with Gasteiger partial charge in [0.25, 0.3) is 0 Å². The third kappa shape index (κ3) is 4.51. The van der Waals surface area contributed by atoms with Crippen molar-refractivity contribution in [1.29, 1.82) is 0 Å². The fourth-order valence-electron chi connectivity index (χ4n) is 2.77. The van der Waals surface area contributed by atoms with Crippen molar-refractivity contribution in [3.05, 3.63) is 54.3 Å². The highest BCUT2D eigenvalue weighted by Crippen LogP contribution is 2.31. The molecule has 8 heteroatoms. The van der Waals surface area contributed by atoms with Gasteiger partial charge in [-0.25, -0.2) is 9.29 Å². The third-order valence-electron chi connectivity index (χ3n) is 4.07. The maximum atomic E-state index is 13.4. The topological polar surface area (TPSA) is 71.0 Å². The molecule has 0 saturated carbocycles. The Morgan fingerprint density at radius 3 is 2.68 bits per heavy atom. The molecule has 0 radical (unpaired) electrons. The molecule has 146 valence electrons. The monoisotopic (exact) mass is 401 g/mol. The second-order valence-corrected chi connectivity index (χ2v) is 7.18. The Balaban J connectivity index is 1.74. The third-order valence-corrected chi connectivity index (χ3v) is 5.17. The number of anilines is 2. The zero-order valence-corrected chi connectivity index (χ0v) is 16.3. The summed E-state index contributed by atoms with van der Waals surface area (Å²) < 4.78 is 18.5. The summed E-state index contributed by atoms with van der Waals surface area (Å²) in [5.41, 5.74) is 1.04. The van der Waals surface area contributed by atoms with Crippen LogP contribution in [0.2, 0.25) is 0 Å². The van der Waals surface area contributed by atoms with Crippen LogP contribution in [-0.4, -0.2) is 35.9 Å². The Bertz CT molecular complexity index is 902. The predicted molar refractivity (Wildman–Crippen MR) is 109 cm³/mol. The number of aliphatic imine (C=N–C) groups is 1. The number of carbonyl (C=O) groups excluding carboxylic acids is 2. The maximum Gasteiger partial charge on any atom is 0.247 e. The van der Waals surface area contributed by atoms with Crippen molar-refractivity contribution in [3.8, 4) is 5.75 Å². The van der Waals surface area contributed by atoms with Crippen LogP contribution >= 0.6 is 11.8 Å². The van der Waals surface area contributed by atoms with E-state index < -0.39 is 5.25 Å². The molecule has 0 spiro atoms. The highest BCUT2D eigenvalue weighted by Gasteiger charge is 2.40. The van der Waals surface area contributed by atoms with Gasteiger partial charge in [0.15, 0.2) is 5.17 Å². The number of thioether (sulfide) groups is 1. The maximum absolute atomic E-state index is 13.4. The summed E-state index contributed by atoms with van der Waals surface area (Å²) in [7, 11) is 1.55. The predicted octanol–water partition coefficient (Wildman–Crippen LogP) is 3.69. The normalized spacial score (nSPS) is 17.2. The van der Waals surface area contributed by atoms with Crippen LogP contribution in [0, 0.1) is 5.82 Å². The second-order valence-electron chi connectivity index (χ2n) is 5.99. The first-order valence-corrected chi connectivity index (χ1v) is 9.64. The molecule has 1 saturated heterocycles. The summed E-state index contributed by atoms with van der Waals surface area (Å²) in [5, 5.41) is 2.90. The number of methoxy groups -OCH3 is 1. The number of hydrogen-bond acceptors (Lipinski definition) is 5. The first kappa shape index (κ1) is 19.9. The summed E-state index contributed by atoms with van der Waals surface area (Å²) in [4.78, 5) is 30.8. The molecular weight excluding hydrogens is 381 g/mol. The minimum absolute atomic E-state index is 0.0725. The van der Waals surface area contributed by atoms with Gasteiger partial charge in [-0.1, -0.05) is 17.8 Å². The van der Waals surface area contributed by atoms with Gasteiger partial charge >= 0.3 is 0 Å². The van der Waals surface area contributed by atoms with E-state index in [0.717, 1.165) is 0 Å². The van der Waals surface area contributed by atoms with Crippen LogP contribution in [0.1, 0.15) is 13.3 Å². The number of halogens is 1. The number of amidine groups is 1. The number of nitrogens with one attached hydrogen (secondary N) is 1. The van der Waals surface area contributed by atoms with E-state index in [9.17, 15) is 14.0 Å². The number of rotatable bonds is 5. The Labute approximate surface area is 166 Å². The zero-order chi connectivity index (χ0) is 20.1. The van der Waals surface area contributed by atoms with Gasteiger partial charge in [-0.15, -0.1) is 0 Å². The first-order valence-electron chi connectivity index (χ1n) is 8.76. The van der Waals surface area contributed by atoms with E-state index in [4.69, 9.17) is 4.74 Å². The van der Waals surface area contributed by atoms with Crippen molar-refractivity contribution >= 4 is 40.1 Å². The quantitative estimate of drug-likeness (QED) is 0.470. The molecule has 2 aromatic rings. The van der Waals surface area contributed by atoms with Crippen LogP contribution in [-0.2, 0) is 9.59 Å². The molecule has 0 unspecified atom stereocenters. The number of amides is 2. The number of carbonyl (C=O) groups is 2. The van der Waals surface area contributed by atoms with Gasteiger partial charge in [0.05, 0.1) is 12.8 Å². The molecule has 1 atom stereocenters. The fourth-order valence-corrected chi connectivity index (χ4v) is 3.86. The minimum atomic E-state index is -0.596. The lowest BCUT2D eigenvalue weighted by Crippen LogP contribution is -2.31. The number of benzene rings is 2. The molecule has 1 heterocycles. The molecular formula is C20H20FN3O3S. The SMILES string of the molecule is CCN=C(Nc1cccc(F)c1)S[C@@H]1CC(=O)N(c2ccc(OC)cc2)C1=O. The van der Waals surface area contributed by atoms with Crippen molar-refractivity contribution < 1.29 is 18.7 Å². The molecule has 2 aromatic carbocycles. The van der Waals surface area contributed by atoms with E-state index in [2.05, 4.69) is 10.3 Å². The van der Waals surface area contributed by atoms with Gasteiger partial charge in [-0.2, -0.15) is 0 Å². The summed E-state index contributed by atoms with van der Waals surface area (Å²) in [5.74, 6) is -0.298. The second kappa shape index (κ2) is 8.88. The lowest BCUT2D eigenvalue weighted by atomic mass is 10.3. The molecule has 3 rings (SSSR count). The number of hydrogen-bond donors (Lipinski definition) is 1. The van der Waals surface area contributed by atoms with Crippen molar-refractivity contribution in [2.24, 2.45) is 4.99 Å². The van der Waals surface area contributed by atoms with Gasteiger partial charge in [0, 0.05) is 18.7 Å². The van der Waals surface area contributed by atoms with Crippen LogP contribution in [0.3, 0.4) is 0 Å². The molecule has 28 heavy (non-hydrogen) atoms. The Morgan fingerprint density at radius 2 is 2.04 bits per heavy atom. The van der Waals surface area contributed by atoms with Gasteiger partial charge in [-0.3, -0.25) is 14.6 Å². The van der Waals surface area contributed by atoms with Gasteiger partial charge in [0.2, 0.25) is 11.8 Å². The van der Waals surface area contributed by atoms with Crippen LogP contribution in [0.15, 0.2) is 53.5 Å². The lowest BCUT2D eigenvalue weighted by molar-refractivity contribution is -0.121. The van der Waals surface area contributed by atoms with Crippen molar-refractivity contribution in [2.45, 2.75) is 18.6 Å². The molecule has 0 aromatic heterocycles. The molecule has 2 amide bonds. The zero-order valence-electron chi connectivity index (χ0n) is 15.5. The lowest BCUT2D eigenvalue weighted by Gasteiger charge is -2.16. The highest BCUT2D eigenvalue weighted by molar-refractivity contribution is 8.15. The summed E-state index contributed by atoms with van der Waals surface area (Å²) in [6, 6.07) is 12.7. The van der Waals surface area contributed by atoms with Crippen LogP contribution in [0.5, 0.6) is 5.75 Å². The largest absolute Gasteiger partial charge is 0.497 e. The fraction of sp³-hybridized carbons (Fsp3) is 0.250. The van der Waals surface area contributed by atoms with Crippen LogP contribution in [0.25, 0.3) is 0 Å². The van der Waals surface area contributed by atoms with Crippen molar-refractivity contribution in [3.63, 3.8) is 0 Å². The number of imide groups is 1. The van der Waals surface area contributed by atoms with Crippen molar-refractivity contribution in [1.82, 2.24) is 0 Å². The van der Waals surface area contributed by atoms with Crippen LogP contribution in [0.4, 0.5) is 15.8 Å². The summed E-state index contributed by atoms with van der Waals surface area (Å²) >= 11 is 1.18. The standard InChI is InChI=1S/C20H20FN3O3S/c1-3-22-20(23-14-6-4-5-13(21)11-14)28-17-12-18(25)24(19(17)26)15-7-9-16(27-2)10-8-15/h4-11,17H,3,12H2,1-2H3,(H,22,23)/t17-/m1/s1. The van der Waals surface area contributed by atoms with E-state index in [1.807, 2.05) is 6.92 Å². The van der Waals surface area contributed by atoms with E-state index in [1.165, 1.54) is 28.8 Å². The van der Waals surface area contributed by atoms with Crippen molar-refractivity contribution in [2.75, 3.05) is 23.9 Å². The minimum Gasteiger partial charge on any atom is -0.497 e. The highest BCUT2D eigenvalue weighted by atomic mass is 32.2. The number of nitrogens with zero attached hydrogens (tertiary/aromatic N) is 2.